The SMILES string of the molecule is Cc1nc2cc(C(F)(F)F)ccn2c1-c1ccnc(Nc2ccc(C(=O)NO)cc2)n1. The first-order valence-corrected chi connectivity index (χ1v) is 8.97. The number of anilines is 2. The van der Waals surface area contributed by atoms with Crippen molar-refractivity contribution in [1.82, 2.24) is 24.8 Å². The third-order valence-corrected chi connectivity index (χ3v) is 4.53. The van der Waals surface area contributed by atoms with E-state index in [0.29, 0.717) is 22.8 Å². The number of halogens is 3. The minimum atomic E-state index is -4.46. The number of carbonyl (C=O) groups is 1. The number of carbonyl (C=O) groups excluding carboxylic acids is 1. The number of nitrogens with one attached hydrogen (secondary N) is 2. The number of hydroxylamine groups is 1. The van der Waals surface area contributed by atoms with Crippen molar-refractivity contribution in [2.75, 3.05) is 5.32 Å². The summed E-state index contributed by atoms with van der Waals surface area (Å²) < 4.78 is 40.5. The molecule has 8 nitrogen and oxygen atoms in total. The summed E-state index contributed by atoms with van der Waals surface area (Å²) >= 11 is 0. The van der Waals surface area contributed by atoms with E-state index in [1.165, 1.54) is 24.5 Å². The third kappa shape index (κ3) is 4.03. The summed E-state index contributed by atoms with van der Waals surface area (Å²) in [6.07, 6.45) is -1.63. The van der Waals surface area contributed by atoms with Gasteiger partial charge in [0.1, 0.15) is 5.65 Å². The van der Waals surface area contributed by atoms with Gasteiger partial charge in [-0.1, -0.05) is 0 Å². The van der Waals surface area contributed by atoms with E-state index in [1.54, 1.807) is 35.0 Å². The number of aryl methyl sites for hydroxylation is 1. The lowest BCUT2D eigenvalue weighted by Crippen LogP contribution is -2.18. The number of imidazole rings is 1. The van der Waals surface area contributed by atoms with Gasteiger partial charge in [0.05, 0.1) is 22.6 Å². The van der Waals surface area contributed by atoms with Gasteiger partial charge >= 0.3 is 6.18 Å². The molecule has 0 aliphatic carbocycles. The zero-order valence-corrected chi connectivity index (χ0v) is 16.0. The predicted octanol–water partition coefficient (Wildman–Crippen LogP) is 3.98. The number of aromatic nitrogens is 4. The molecule has 0 aliphatic heterocycles. The second kappa shape index (κ2) is 7.69. The molecule has 4 aromatic rings. The van der Waals surface area contributed by atoms with Crippen molar-refractivity contribution in [2.24, 2.45) is 0 Å². The van der Waals surface area contributed by atoms with Crippen molar-refractivity contribution in [1.29, 1.82) is 0 Å². The minimum absolute atomic E-state index is 0.160. The van der Waals surface area contributed by atoms with Crippen LogP contribution in [0.25, 0.3) is 17.0 Å². The van der Waals surface area contributed by atoms with Crippen LogP contribution in [0, 0.1) is 6.92 Å². The number of benzene rings is 1. The molecule has 0 saturated carbocycles. The number of hydrogen-bond acceptors (Lipinski definition) is 6. The first-order chi connectivity index (χ1) is 14.8. The topological polar surface area (TPSA) is 104 Å². The zero-order valence-electron chi connectivity index (χ0n) is 16.0. The molecule has 0 unspecified atom stereocenters. The second-order valence-corrected chi connectivity index (χ2v) is 6.60. The van der Waals surface area contributed by atoms with Crippen LogP contribution < -0.4 is 10.8 Å². The summed E-state index contributed by atoms with van der Waals surface area (Å²) in [5.74, 6) is -0.389. The fraction of sp³-hybridized carbons (Fsp3) is 0.100. The van der Waals surface area contributed by atoms with Gasteiger partial charge in [0.15, 0.2) is 0 Å². The van der Waals surface area contributed by atoms with Gasteiger partial charge in [0.2, 0.25) is 5.95 Å². The van der Waals surface area contributed by atoms with Crippen LogP contribution in [-0.2, 0) is 6.18 Å². The Morgan fingerprint density at radius 1 is 1.10 bits per heavy atom. The second-order valence-electron chi connectivity index (χ2n) is 6.60. The molecule has 0 atom stereocenters. The van der Waals surface area contributed by atoms with E-state index in [2.05, 4.69) is 20.3 Å². The summed E-state index contributed by atoms with van der Waals surface area (Å²) in [5, 5.41) is 11.7. The van der Waals surface area contributed by atoms with Crippen LogP contribution in [0.1, 0.15) is 21.6 Å². The van der Waals surface area contributed by atoms with E-state index in [-0.39, 0.29) is 17.2 Å². The van der Waals surface area contributed by atoms with Crippen LogP contribution in [0.2, 0.25) is 0 Å². The Balaban J connectivity index is 1.66. The van der Waals surface area contributed by atoms with Crippen molar-refractivity contribution < 1.29 is 23.2 Å². The molecule has 31 heavy (non-hydrogen) atoms. The summed E-state index contributed by atoms with van der Waals surface area (Å²) in [4.78, 5) is 24.2. The van der Waals surface area contributed by atoms with E-state index < -0.39 is 17.6 Å². The van der Waals surface area contributed by atoms with E-state index in [1.807, 2.05) is 0 Å². The Morgan fingerprint density at radius 3 is 2.52 bits per heavy atom. The van der Waals surface area contributed by atoms with Gasteiger partial charge in [0, 0.05) is 23.6 Å². The number of rotatable bonds is 4. The number of pyridine rings is 1. The maximum absolute atomic E-state index is 13.0. The molecule has 1 amide bonds. The molecule has 1 aromatic carbocycles. The summed E-state index contributed by atoms with van der Waals surface area (Å²) in [7, 11) is 0. The quantitative estimate of drug-likeness (QED) is 0.336. The predicted molar refractivity (Wildman–Crippen MR) is 105 cm³/mol. The first-order valence-electron chi connectivity index (χ1n) is 8.97. The van der Waals surface area contributed by atoms with E-state index in [4.69, 9.17) is 5.21 Å². The van der Waals surface area contributed by atoms with Crippen molar-refractivity contribution in [2.45, 2.75) is 13.1 Å². The average Bonchev–Trinajstić information content (AvgIpc) is 3.08. The lowest BCUT2D eigenvalue weighted by atomic mass is 10.2. The molecule has 0 aliphatic rings. The van der Waals surface area contributed by atoms with E-state index in [9.17, 15) is 18.0 Å². The maximum atomic E-state index is 13.0. The molecule has 0 bridgehead atoms. The lowest BCUT2D eigenvalue weighted by molar-refractivity contribution is -0.137. The van der Waals surface area contributed by atoms with Gasteiger partial charge < -0.3 is 5.32 Å². The van der Waals surface area contributed by atoms with Crippen LogP contribution in [0.3, 0.4) is 0 Å². The first kappa shape index (κ1) is 20.3. The molecule has 3 N–H and O–H groups in total. The lowest BCUT2D eigenvalue weighted by Gasteiger charge is -2.09. The Bertz CT molecular complexity index is 1270. The van der Waals surface area contributed by atoms with Crippen LogP contribution in [0.15, 0.2) is 54.9 Å². The molecular weight excluding hydrogens is 413 g/mol. The number of hydrogen-bond donors (Lipinski definition) is 3. The van der Waals surface area contributed by atoms with Crippen molar-refractivity contribution in [3.8, 4) is 11.4 Å². The Kier molecular flexibility index (Phi) is 5.03. The van der Waals surface area contributed by atoms with Crippen molar-refractivity contribution >= 4 is 23.2 Å². The largest absolute Gasteiger partial charge is 0.416 e. The third-order valence-electron chi connectivity index (χ3n) is 4.53. The summed E-state index contributed by atoms with van der Waals surface area (Å²) in [5.41, 5.74) is 3.33. The highest BCUT2D eigenvalue weighted by atomic mass is 19.4. The molecule has 3 heterocycles. The van der Waals surface area contributed by atoms with E-state index in [0.717, 1.165) is 12.1 Å². The van der Waals surface area contributed by atoms with Crippen LogP contribution >= 0.6 is 0 Å². The summed E-state index contributed by atoms with van der Waals surface area (Å²) in [6.45, 7) is 1.69. The van der Waals surface area contributed by atoms with Gasteiger partial charge in [-0.2, -0.15) is 13.2 Å². The molecule has 0 radical (unpaired) electrons. The monoisotopic (exact) mass is 428 g/mol. The maximum Gasteiger partial charge on any atom is 0.416 e. The Labute approximate surface area is 173 Å². The highest BCUT2D eigenvalue weighted by Gasteiger charge is 2.31. The molecule has 0 saturated heterocycles. The van der Waals surface area contributed by atoms with Crippen LogP contribution in [0.4, 0.5) is 24.8 Å². The zero-order chi connectivity index (χ0) is 22.2. The number of fused-ring (bicyclic) bond motifs is 1. The van der Waals surface area contributed by atoms with Gasteiger partial charge in [-0.05, 0) is 49.4 Å². The molecule has 158 valence electrons. The van der Waals surface area contributed by atoms with Crippen LogP contribution in [0.5, 0.6) is 0 Å². The minimum Gasteiger partial charge on any atom is -0.324 e. The summed E-state index contributed by atoms with van der Waals surface area (Å²) in [6, 6.07) is 9.84. The Hall–Kier alpha value is -3.99. The molecular formula is C20H15F3N6O2. The molecule has 4 rings (SSSR count). The fourth-order valence-corrected chi connectivity index (χ4v) is 3.10. The normalized spacial score (nSPS) is 11.5. The van der Waals surface area contributed by atoms with E-state index >= 15 is 0 Å². The highest BCUT2D eigenvalue weighted by molar-refractivity contribution is 5.93. The molecule has 3 aromatic heterocycles. The van der Waals surface area contributed by atoms with Gasteiger partial charge in [-0.3, -0.25) is 14.4 Å². The van der Waals surface area contributed by atoms with Gasteiger partial charge in [0.25, 0.3) is 5.91 Å². The fourth-order valence-electron chi connectivity index (χ4n) is 3.10. The van der Waals surface area contributed by atoms with Crippen LogP contribution in [-0.4, -0.2) is 30.5 Å². The smallest absolute Gasteiger partial charge is 0.324 e. The van der Waals surface area contributed by atoms with Crippen molar-refractivity contribution in [3.63, 3.8) is 0 Å². The average molecular weight is 428 g/mol. The standard InChI is InChI=1S/C20H15F3N6O2/c1-11-17(29-9-7-13(20(21,22)23)10-16(29)25-11)15-6-8-24-19(27-15)26-14-4-2-12(3-5-14)18(30)28-31/h2-10,31H,1H3,(H,28,30)(H,24,26,27). The van der Waals surface area contributed by atoms with Crippen molar-refractivity contribution in [3.05, 3.63) is 71.7 Å². The number of nitrogens with zero attached hydrogens (tertiary/aromatic N) is 4. The molecule has 0 fully saturated rings. The molecule has 0 spiro atoms. The highest BCUT2D eigenvalue weighted by Crippen LogP contribution is 2.31. The Morgan fingerprint density at radius 2 is 1.84 bits per heavy atom. The van der Waals surface area contributed by atoms with Gasteiger partial charge in [-0.15, -0.1) is 0 Å². The molecule has 11 heteroatoms. The number of alkyl halides is 3. The number of amides is 1. The van der Waals surface area contributed by atoms with Gasteiger partial charge in [-0.25, -0.2) is 20.4 Å².